The quantitative estimate of drug-likeness (QED) is 0.345. The van der Waals surface area contributed by atoms with Gasteiger partial charge in [0.25, 0.3) is 0 Å². The second-order valence-corrected chi connectivity index (χ2v) is 5.77. The minimum atomic E-state index is -0.296. The van der Waals surface area contributed by atoms with Gasteiger partial charge in [-0.05, 0) is 25.7 Å². The highest BCUT2D eigenvalue weighted by Gasteiger charge is 2.36. The summed E-state index contributed by atoms with van der Waals surface area (Å²) in [6, 6.07) is 0. The molecule has 0 bridgehead atoms. The van der Waals surface area contributed by atoms with E-state index in [0.717, 1.165) is 32.3 Å². The molecule has 108 valence electrons. The summed E-state index contributed by atoms with van der Waals surface area (Å²) in [4.78, 5) is 14.0. The fourth-order valence-corrected chi connectivity index (χ4v) is 2.76. The Morgan fingerprint density at radius 2 is 2.21 bits per heavy atom. The number of carbonyl (C=O) groups is 1. The van der Waals surface area contributed by atoms with Crippen LogP contribution in [0.1, 0.15) is 39.0 Å². The van der Waals surface area contributed by atoms with Gasteiger partial charge >= 0.3 is 0 Å². The molecule has 0 aromatic heterocycles. The predicted molar refractivity (Wildman–Crippen MR) is 70.9 cm³/mol. The third kappa shape index (κ3) is 3.18. The topological polar surface area (TPSA) is 88.2 Å². The van der Waals surface area contributed by atoms with Crippen LogP contribution in [0.25, 0.3) is 0 Å². The molecule has 2 rings (SSSR count). The highest BCUT2D eigenvalue weighted by atomic mass is 16.5. The molecular weight excluding hydrogens is 246 g/mol. The first-order chi connectivity index (χ1) is 9.05. The zero-order valence-electron chi connectivity index (χ0n) is 11.5. The maximum Gasteiger partial charge on any atom is 0.225 e. The SMILES string of the molecule is CC1(C(N)=NO)CCN(C(=O)CC2CCCO2)CC1. The average Bonchev–Trinajstić information content (AvgIpc) is 2.91. The Kier molecular flexibility index (Phi) is 4.29. The summed E-state index contributed by atoms with van der Waals surface area (Å²) in [5.74, 6) is 0.423. The Balaban J connectivity index is 1.83. The molecular formula is C13H23N3O3. The zero-order valence-corrected chi connectivity index (χ0v) is 11.5. The number of likely N-dealkylation sites (tertiary alicyclic amines) is 1. The van der Waals surface area contributed by atoms with Crippen LogP contribution in [-0.4, -0.2) is 47.7 Å². The Bertz CT molecular complexity index is 356. The first-order valence-corrected chi connectivity index (χ1v) is 6.92. The molecule has 2 saturated heterocycles. The Labute approximate surface area is 113 Å². The van der Waals surface area contributed by atoms with Gasteiger partial charge in [0.05, 0.1) is 12.5 Å². The Hall–Kier alpha value is -1.30. The number of amides is 1. The van der Waals surface area contributed by atoms with Crippen molar-refractivity contribution >= 4 is 11.7 Å². The van der Waals surface area contributed by atoms with Crippen LogP contribution in [0.15, 0.2) is 5.16 Å². The van der Waals surface area contributed by atoms with Crippen LogP contribution in [0.4, 0.5) is 0 Å². The van der Waals surface area contributed by atoms with Crippen molar-refractivity contribution in [2.24, 2.45) is 16.3 Å². The molecule has 0 aromatic carbocycles. The number of carbonyl (C=O) groups excluding carboxylic acids is 1. The molecule has 0 radical (unpaired) electrons. The molecule has 0 saturated carbocycles. The molecule has 1 amide bonds. The highest BCUT2D eigenvalue weighted by molar-refractivity contribution is 5.86. The summed E-state index contributed by atoms with van der Waals surface area (Å²) in [7, 11) is 0. The minimum Gasteiger partial charge on any atom is -0.409 e. The number of amidine groups is 1. The van der Waals surface area contributed by atoms with Crippen molar-refractivity contribution in [3.8, 4) is 0 Å². The number of oxime groups is 1. The Morgan fingerprint density at radius 3 is 2.74 bits per heavy atom. The van der Waals surface area contributed by atoms with E-state index in [4.69, 9.17) is 15.7 Å². The van der Waals surface area contributed by atoms with E-state index >= 15 is 0 Å². The molecule has 3 N–H and O–H groups in total. The van der Waals surface area contributed by atoms with Crippen molar-refractivity contribution in [1.29, 1.82) is 0 Å². The molecule has 2 aliphatic rings. The monoisotopic (exact) mass is 269 g/mol. The average molecular weight is 269 g/mol. The third-order valence-corrected chi connectivity index (χ3v) is 4.37. The third-order valence-electron chi connectivity index (χ3n) is 4.37. The molecule has 2 aliphatic heterocycles. The first-order valence-electron chi connectivity index (χ1n) is 6.92. The largest absolute Gasteiger partial charge is 0.409 e. The van der Waals surface area contributed by atoms with Gasteiger partial charge in [0.1, 0.15) is 5.84 Å². The van der Waals surface area contributed by atoms with Gasteiger partial charge in [0, 0.05) is 25.1 Å². The number of nitrogens with two attached hydrogens (primary N) is 1. The van der Waals surface area contributed by atoms with Gasteiger partial charge in [-0.1, -0.05) is 12.1 Å². The summed E-state index contributed by atoms with van der Waals surface area (Å²) >= 11 is 0. The Morgan fingerprint density at radius 1 is 1.53 bits per heavy atom. The van der Waals surface area contributed by atoms with E-state index in [1.807, 2.05) is 11.8 Å². The van der Waals surface area contributed by atoms with Gasteiger partial charge in [-0.15, -0.1) is 0 Å². The number of hydrogen-bond acceptors (Lipinski definition) is 4. The lowest BCUT2D eigenvalue weighted by Gasteiger charge is -2.38. The molecule has 2 fully saturated rings. The number of nitrogens with zero attached hydrogens (tertiary/aromatic N) is 2. The summed E-state index contributed by atoms with van der Waals surface area (Å²) in [5, 5.41) is 11.9. The molecule has 0 spiro atoms. The van der Waals surface area contributed by atoms with Crippen LogP contribution in [0.5, 0.6) is 0 Å². The standard InChI is InChI=1S/C13H23N3O3/c1-13(12(14)15-18)4-6-16(7-5-13)11(17)9-10-3-2-8-19-10/h10,18H,2-9H2,1H3,(H2,14,15). The number of piperidine rings is 1. The maximum atomic E-state index is 12.1. The molecule has 2 heterocycles. The van der Waals surface area contributed by atoms with E-state index in [2.05, 4.69) is 5.16 Å². The van der Waals surface area contributed by atoms with E-state index in [9.17, 15) is 4.79 Å². The highest BCUT2D eigenvalue weighted by Crippen LogP contribution is 2.31. The lowest BCUT2D eigenvalue weighted by molar-refractivity contribution is -0.135. The first kappa shape index (κ1) is 14.1. The predicted octanol–water partition coefficient (Wildman–Crippen LogP) is 0.931. The van der Waals surface area contributed by atoms with Crippen molar-refractivity contribution in [3.63, 3.8) is 0 Å². The van der Waals surface area contributed by atoms with Gasteiger partial charge < -0.3 is 20.6 Å². The van der Waals surface area contributed by atoms with E-state index in [0.29, 0.717) is 19.5 Å². The molecule has 6 heteroatoms. The summed E-state index contributed by atoms with van der Waals surface area (Å²) in [6.07, 6.45) is 4.10. The van der Waals surface area contributed by atoms with Crippen molar-refractivity contribution in [1.82, 2.24) is 4.90 Å². The fourth-order valence-electron chi connectivity index (χ4n) is 2.76. The molecule has 1 atom stereocenters. The van der Waals surface area contributed by atoms with E-state index in [-0.39, 0.29) is 23.3 Å². The van der Waals surface area contributed by atoms with E-state index in [1.165, 1.54) is 0 Å². The van der Waals surface area contributed by atoms with Crippen molar-refractivity contribution in [2.45, 2.75) is 45.1 Å². The fraction of sp³-hybridized carbons (Fsp3) is 0.846. The van der Waals surface area contributed by atoms with Gasteiger partial charge in [0.2, 0.25) is 5.91 Å². The van der Waals surface area contributed by atoms with Gasteiger partial charge in [-0.25, -0.2) is 0 Å². The molecule has 1 unspecified atom stereocenters. The van der Waals surface area contributed by atoms with Crippen LogP contribution in [0.2, 0.25) is 0 Å². The van der Waals surface area contributed by atoms with Gasteiger partial charge in [0.15, 0.2) is 0 Å². The second kappa shape index (κ2) is 5.77. The number of ether oxygens (including phenoxy) is 1. The minimum absolute atomic E-state index is 0.102. The molecule has 0 aliphatic carbocycles. The van der Waals surface area contributed by atoms with Crippen LogP contribution >= 0.6 is 0 Å². The lowest BCUT2D eigenvalue weighted by Crippen LogP contribution is -2.47. The van der Waals surface area contributed by atoms with Crippen molar-refractivity contribution in [3.05, 3.63) is 0 Å². The smallest absolute Gasteiger partial charge is 0.225 e. The maximum absolute atomic E-state index is 12.1. The summed E-state index contributed by atoms with van der Waals surface area (Å²) in [6.45, 7) is 4.08. The number of hydrogen-bond donors (Lipinski definition) is 2. The van der Waals surface area contributed by atoms with Gasteiger partial charge in [-0.2, -0.15) is 0 Å². The molecule has 0 aromatic rings. The van der Waals surface area contributed by atoms with E-state index < -0.39 is 0 Å². The van der Waals surface area contributed by atoms with Crippen molar-refractivity contribution < 1.29 is 14.7 Å². The van der Waals surface area contributed by atoms with Crippen LogP contribution in [0.3, 0.4) is 0 Å². The van der Waals surface area contributed by atoms with Crippen LogP contribution in [-0.2, 0) is 9.53 Å². The van der Waals surface area contributed by atoms with Gasteiger partial charge in [-0.3, -0.25) is 4.79 Å². The van der Waals surface area contributed by atoms with E-state index in [1.54, 1.807) is 0 Å². The molecule has 6 nitrogen and oxygen atoms in total. The lowest BCUT2D eigenvalue weighted by atomic mass is 9.79. The van der Waals surface area contributed by atoms with Crippen LogP contribution in [0, 0.1) is 5.41 Å². The number of rotatable bonds is 3. The summed E-state index contributed by atoms with van der Waals surface area (Å²) < 4.78 is 5.49. The normalized spacial score (nSPS) is 27.5. The summed E-state index contributed by atoms with van der Waals surface area (Å²) in [5.41, 5.74) is 5.42. The molecule has 19 heavy (non-hydrogen) atoms. The zero-order chi connectivity index (χ0) is 13.9. The van der Waals surface area contributed by atoms with Crippen LogP contribution < -0.4 is 5.73 Å². The van der Waals surface area contributed by atoms with Crippen molar-refractivity contribution in [2.75, 3.05) is 19.7 Å². The second-order valence-electron chi connectivity index (χ2n) is 5.77.